The molecule has 0 saturated heterocycles. The second-order valence-corrected chi connectivity index (χ2v) is 4.88. The fourth-order valence-electron chi connectivity index (χ4n) is 2.06. The quantitative estimate of drug-likeness (QED) is 0.873. The lowest BCUT2D eigenvalue weighted by molar-refractivity contribution is 0.475. The molecule has 2 aromatic carbocycles. The van der Waals surface area contributed by atoms with Crippen LogP contribution >= 0.6 is 0 Å². The van der Waals surface area contributed by atoms with Gasteiger partial charge < -0.3 is 10.4 Å². The van der Waals surface area contributed by atoms with Crippen molar-refractivity contribution in [2.75, 3.05) is 5.32 Å². The van der Waals surface area contributed by atoms with Gasteiger partial charge in [0.15, 0.2) is 0 Å². The van der Waals surface area contributed by atoms with Crippen molar-refractivity contribution < 1.29 is 9.50 Å². The highest BCUT2D eigenvalue weighted by Gasteiger charge is 2.05. The number of hydrogen-bond donors (Lipinski definition) is 2. The number of benzene rings is 2. The number of halogens is 1. The van der Waals surface area contributed by atoms with Gasteiger partial charge >= 0.3 is 0 Å². The molecule has 1 unspecified atom stereocenters. The Kier molecular flexibility index (Phi) is 4.05. The topological polar surface area (TPSA) is 32.3 Å². The summed E-state index contributed by atoms with van der Waals surface area (Å²) in [5.74, 6) is 0.0928. The van der Waals surface area contributed by atoms with Gasteiger partial charge in [-0.1, -0.05) is 12.1 Å². The molecule has 2 nitrogen and oxygen atoms in total. The van der Waals surface area contributed by atoms with Crippen LogP contribution in [0.25, 0.3) is 0 Å². The van der Waals surface area contributed by atoms with Crippen molar-refractivity contribution in [2.45, 2.75) is 26.3 Å². The average molecular weight is 259 g/mol. The van der Waals surface area contributed by atoms with Gasteiger partial charge in [0.2, 0.25) is 0 Å². The summed E-state index contributed by atoms with van der Waals surface area (Å²) in [5.41, 5.74) is 2.71. The molecule has 0 aliphatic rings. The van der Waals surface area contributed by atoms with E-state index in [4.69, 9.17) is 0 Å². The van der Waals surface area contributed by atoms with Crippen molar-refractivity contribution in [1.29, 1.82) is 0 Å². The van der Waals surface area contributed by atoms with Gasteiger partial charge in [-0.05, 0) is 61.7 Å². The van der Waals surface area contributed by atoms with E-state index < -0.39 is 0 Å². The van der Waals surface area contributed by atoms with Crippen LogP contribution in [0.2, 0.25) is 0 Å². The molecule has 1 atom stereocenters. The predicted octanol–water partition coefficient (Wildman–Crippen LogP) is 3.88. The molecule has 0 saturated carbocycles. The van der Waals surface area contributed by atoms with Crippen molar-refractivity contribution in [3.8, 4) is 5.75 Å². The van der Waals surface area contributed by atoms with E-state index in [1.807, 2.05) is 18.2 Å². The van der Waals surface area contributed by atoms with Crippen LogP contribution in [0.1, 0.15) is 18.1 Å². The summed E-state index contributed by atoms with van der Waals surface area (Å²) < 4.78 is 13.2. The highest BCUT2D eigenvalue weighted by atomic mass is 19.1. The Morgan fingerprint density at radius 1 is 1.16 bits per heavy atom. The molecule has 0 aliphatic heterocycles. The smallest absolute Gasteiger partial charge is 0.126 e. The maximum atomic E-state index is 13.2. The Bertz CT molecular complexity index is 551. The van der Waals surface area contributed by atoms with Gasteiger partial charge in [-0.25, -0.2) is 4.39 Å². The maximum Gasteiger partial charge on any atom is 0.126 e. The summed E-state index contributed by atoms with van der Waals surface area (Å²) in [6, 6.07) is 12.4. The number of aromatic hydroxyl groups is 1. The molecule has 100 valence electrons. The predicted molar refractivity (Wildman–Crippen MR) is 76.0 cm³/mol. The van der Waals surface area contributed by atoms with Gasteiger partial charge in [0, 0.05) is 11.7 Å². The minimum Gasteiger partial charge on any atom is -0.508 e. The lowest BCUT2D eigenvalue weighted by Gasteiger charge is -2.16. The van der Waals surface area contributed by atoms with Crippen LogP contribution in [0, 0.1) is 12.7 Å². The number of hydrogen-bond acceptors (Lipinski definition) is 2. The fourth-order valence-corrected chi connectivity index (χ4v) is 2.06. The van der Waals surface area contributed by atoms with Gasteiger partial charge in [0.05, 0.1) is 0 Å². The third-order valence-electron chi connectivity index (χ3n) is 3.05. The number of aryl methyl sites for hydroxylation is 1. The normalized spacial score (nSPS) is 12.2. The van der Waals surface area contributed by atoms with E-state index in [1.165, 1.54) is 6.07 Å². The van der Waals surface area contributed by atoms with Crippen LogP contribution in [0.3, 0.4) is 0 Å². The second-order valence-electron chi connectivity index (χ2n) is 4.88. The van der Waals surface area contributed by atoms with Crippen molar-refractivity contribution in [3.63, 3.8) is 0 Å². The first-order chi connectivity index (χ1) is 9.04. The Balaban J connectivity index is 1.98. The molecule has 0 fully saturated rings. The number of phenolic OH excluding ortho intramolecular Hbond substituents is 1. The van der Waals surface area contributed by atoms with Gasteiger partial charge in [-0.2, -0.15) is 0 Å². The van der Waals surface area contributed by atoms with Crippen LogP contribution in [0.15, 0.2) is 42.5 Å². The number of rotatable bonds is 4. The van der Waals surface area contributed by atoms with E-state index in [2.05, 4.69) is 12.2 Å². The number of anilines is 1. The average Bonchev–Trinajstić information content (AvgIpc) is 2.37. The Morgan fingerprint density at radius 3 is 2.47 bits per heavy atom. The number of nitrogens with one attached hydrogen (secondary N) is 1. The molecule has 0 bridgehead atoms. The first kappa shape index (κ1) is 13.4. The largest absolute Gasteiger partial charge is 0.508 e. The van der Waals surface area contributed by atoms with Crippen molar-refractivity contribution in [2.24, 2.45) is 0 Å². The SMILES string of the molecule is Cc1cc(NC(C)Cc2ccc(O)cc2)ccc1F. The van der Waals surface area contributed by atoms with Crippen LogP contribution < -0.4 is 5.32 Å². The molecule has 0 radical (unpaired) electrons. The van der Waals surface area contributed by atoms with Gasteiger partial charge in [-0.15, -0.1) is 0 Å². The summed E-state index contributed by atoms with van der Waals surface area (Å²) >= 11 is 0. The van der Waals surface area contributed by atoms with Crippen LogP contribution in [-0.2, 0) is 6.42 Å². The second kappa shape index (κ2) is 5.74. The molecule has 2 aromatic rings. The minimum atomic E-state index is -0.184. The summed E-state index contributed by atoms with van der Waals surface area (Å²) in [4.78, 5) is 0. The molecule has 0 heterocycles. The molecule has 2 N–H and O–H groups in total. The minimum absolute atomic E-state index is 0.184. The van der Waals surface area contributed by atoms with Crippen LogP contribution in [0.4, 0.5) is 10.1 Å². The summed E-state index contributed by atoms with van der Waals surface area (Å²) in [5, 5.41) is 12.6. The molecule has 0 amide bonds. The molecule has 0 spiro atoms. The lowest BCUT2D eigenvalue weighted by atomic mass is 10.1. The van der Waals surface area contributed by atoms with E-state index in [0.29, 0.717) is 5.56 Å². The Hall–Kier alpha value is -2.03. The van der Waals surface area contributed by atoms with Crippen molar-refractivity contribution >= 4 is 5.69 Å². The first-order valence-corrected chi connectivity index (χ1v) is 6.35. The van der Waals surface area contributed by atoms with E-state index in [0.717, 1.165) is 17.7 Å². The Morgan fingerprint density at radius 2 is 1.84 bits per heavy atom. The molecule has 0 aliphatic carbocycles. The highest BCUT2D eigenvalue weighted by molar-refractivity contribution is 5.46. The van der Waals surface area contributed by atoms with Gasteiger partial charge in [-0.3, -0.25) is 0 Å². The van der Waals surface area contributed by atoms with E-state index in [9.17, 15) is 9.50 Å². The molecular weight excluding hydrogens is 241 g/mol. The summed E-state index contributed by atoms with van der Waals surface area (Å²) in [6.45, 7) is 3.83. The van der Waals surface area contributed by atoms with E-state index in [1.54, 1.807) is 25.1 Å². The van der Waals surface area contributed by atoms with Crippen LogP contribution in [-0.4, -0.2) is 11.1 Å². The summed E-state index contributed by atoms with van der Waals surface area (Å²) in [7, 11) is 0. The first-order valence-electron chi connectivity index (χ1n) is 6.35. The number of phenols is 1. The van der Waals surface area contributed by atoms with Gasteiger partial charge in [0.1, 0.15) is 11.6 Å². The third-order valence-corrected chi connectivity index (χ3v) is 3.05. The fraction of sp³-hybridized carbons (Fsp3) is 0.250. The molecular formula is C16H18FNO. The zero-order valence-electron chi connectivity index (χ0n) is 11.2. The van der Waals surface area contributed by atoms with E-state index >= 15 is 0 Å². The van der Waals surface area contributed by atoms with Crippen LogP contribution in [0.5, 0.6) is 5.75 Å². The molecule has 19 heavy (non-hydrogen) atoms. The maximum absolute atomic E-state index is 13.2. The van der Waals surface area contributed by atoms with E-state index in [-0.39, 0.29) is 17.6 Å². The monoisotopic (exact) mass is 259 g/mol. The standard InChI is InChI=1S/C16H18FNO/c1-11-9-14(5-8-16(11)17)18-12(2)10-13-3-6-15(19)7-4-13/h3-9,12,18-19H,10H2,1-2H3. The summed E-state index contributed by atoms with van der Waals surface area (Å²) in [6.07, 6.45) is 0.844. The molecule has 3 heteroatoms. The lowest BCUT2D eigenvalue weighted by Crippen LogP contribution is -2.18. The van der Waals surface area contributed by atoms with Gasteiger partial charge in [0.25, 0.3) is 0 Å². The highest BCUT2D eigenvalue weighted by Crippen LogP contribution is 2.16. The van der Waals surface area contributed by atoms with Crippen molar-refractivity contribution in [3.05, 3.63) is 59.4 Å². The third kappa shape index (κ3) is 3.71. The molecule has 0 aromatic heterocycles. The van der Waals surface area contributed by atoms with Crippen molar-refractivity contribution in [1.82, 2.24) is 0 Å². The zero-order valence-corrected chi connectivity index (χ0v) is 11.2. The zero-order chi connectivity index (χ0) is 13.8. The molecule has 2 rings (SSSR count). The Labute approximate surface area is 112 Å².